The molecule has 0 aliphatic carbocycles. The fourth-order valence-electron chi connectivity index (χ4n) is 3.78. The molecule has 32 heavy (non-hydrogen) atoms. The van der Waals surface area contributed by atoms with Gasteiger partial charge in [-0.25, -0.2) is 4.98 Å². The lowest BCUT2D eigenvalue weighted by atomic mass is 10.0. The molecule has 4 rings (SSSR count). The van der Waals surface area contributed by atoms with E-state index in [-0.39, 0.29) is 17.5 Å². The Hall–Kier alpha value is -3.32. The minimum absolute atomic E-state index is 0.0385. The molecule has 0 amide bonds. The molecule has 1 aliphatic rings. The van der Waals surface area contributed by atoms with Crippen LogP contribution in [-0.4, -0.2) is 30.3 Å². The maximum Gasteiger partial charge on any atom is 0.251 e. The summed E-state index contributed by atoms with van der Waals surface area (Å²) in [6.07, 6.45) is 0.584. The number of aromatic nitrogens is 2. The molecule has 7 heteroatoms. The van der Waals surface area contributed by atoms with E-state index in [2.05, 4.69) is 27.4 Å². The van der Waals surface area contributed by atoms with Crippen LogP contribution in [0, 0.1) is 0 Å². The first-order chi connectivity index (χ1) is 15.5. The summed E-state index contributed by atoms with van der Waals surface area (Å²) in [6.45, 7) is 5.66. The molecule has 0 bridgehead atoms. The van der Waals surface area contributed by atoms with Crippen LogP contribution in [0.1, 0.15) is 48.5 Å². The highest BCUT2D eigenvalue weighted by molar-refractivity contribution is 5.51. The molecule has 3 aromatic rings. The molecule has 0 fully saturated rings. The van der Waals surface area contributed by atoms with Crippen molar-refractivity contribution in [1.82, 2.24) is 15.3 Å². The monoisotopic (exact) mass is 435 g/mol. The highest BCUT2D eigenvalue weighted by atomic mass is 16.6. The van der Waals surface area contributed by atoms with E-state index < -0.39 is 0 Å². The zero-order chi connectivity index (χ0) is 22.5. The third-order valence-corrected chi connectivity index (χ3v) is 5.46. The maximum absolute atomic E-state index is 12.2. The second-order valence-corrected chi connectivity index (χ2v) is 8.13. The van der Waals surface area contributed by atoms with Crippen LogP contribution >= 0.6 is 0 Å². The highest BCUT2D eigenvalue weighted by Crippen LogP contribution is 2.37. The van der Waals surface area contributed by atoms with Crippen molar-refractivity contribution in [3.05, 3.63) is 81.5 Å². The number of nitrogens with zero attached hydrogens (tertiary/aromatic N) is 1. The van der Waals surface area contributed by atoms with Crippen molar-refractivity contribution < 1.29 is 14.2 Å². The van der Waals surface area contributed by atoms with Gasteiger partial charge < -0.3 is 24.5 Å². The Morgan fingerprint density at radius 2 is 1.81 bits per heavy atom. The van der Waals surface area contributed by atoms with Crippen LogP contribution in [0.3, 0.4) is 0 Å². The van der Waals surface area contributed by atoms with Gasteiger partial charge in [0.15, 0.2) is 11.5 Å². The van der Waals surface area contributed by atoms with Crippen molar-refractivity contribution in [3.8, 4) is 17.2 Å². The molecule has 2 N–H and O–H groups in total. The minimum Gasteiger partial charge on any atom is -0.496 e. The maximum atomic E-state index is 12.2. The molecule has 1 atom stereocenters. The van der Waals surface area contributed by atoms with Crippen molar-refractivity contribution in [2.24, 2.45) is 0 Å². The normalized spacial score (nSPS) is 13.8. The Morgan fingerprint density at radius 1 is 1.09 bits per heavy atom. The second kappa shape index (κ2) is 9.87. The van der Waals surface area contributed by atoms with Gasteiger partial charge in [-0.05, 0) is 11.6 Å². The van der Waals surface area contributed by atoms with Crippen LogP contribution in [0.4, 0.5) is 0 Å². The van der Waals surface area contributed by atoms with Crippen LogP contribution in [0.5, 0.6) is 17.2 Å². The van der Waals surface area contributed by atoms with Gasteiger partial charge in [0.25, 0.3) is 5.56 Å². The predicted molar refractivity (Wildman–Crippen MR) is 123 cm³/mol. The van der Waals surface area contributed by atoms with E-state index >= 15 is 0 Å². The zero-order valence-electron chi connectivity index (χ0n) is 18.7. The average molecular weight is 436 g/mol. The molecule has 1 aromatic heterocycles. The van der Waals surface area contributed by atoms with Gasteiger partial charge in [0.05, 0.1) is 7.11 Å². The summed E-state index contributed by atoms with van der Waals surface area (Å²) >= 11 is 0. The summed E-state index contributed by atoms with van der Waals surface area (Å²) in [5.74, 6) is 3.01. The van der Waals surface area contributed by atoms with E-state index in [0.29, 0.717) is 37.8 Å². The molecule has 7 nitrogen and oxygen atoms in total. The number of hydrogen-bond donors (Lipinski definition) is 2. The largest absolute Gasteiger partial charge is 0.496 e. The molecule has 0 radical (unpaired) electrons. The number of hydrogen-bond acceptors (Lipinski definition) is 6. The van der Waals surface area contributed by atoms with Gasteiger partial charge in [-0.15, -0.1) is 0 Å². The number of methoxy groups -OCH3 is 1. The number of H-pyrrole nitrogens is 1. The van der Waals surface area contributed by atoms with Crippen LogP contribution in [0.25, 0.3) is 0 Å². The summed E-state index contributed by atoms with van der Waals surface area (Å²) in [4.78, 5) is 19.7. The van der Waals surface area contributed by atoms with Gasteiger partial charge in [-0.2, -0.15) is 0 Å². The molecule has 1 aliphatic heterocycles. The number of rotatable bonds is 8. The Labute approximate surface area is 187 Å². The zero-order valence-corrected chi connectivity index (χ0v) is 18.7. The van der Waals surface area contributed by atoms with E-state index in [0.717, 1.165) is 28.3 Å². The molecular formula is C25H29N3O4. The Morgan fingerprint density at radius 3 is 2.50 bits per heavy atom. The van der Waals surface area contributed by atoms with Crippen molar-refractivity contribution in [2.75, 3.05) is 20.3 Å². The number of benzene rings is 2. The Bertz CT molecular complexity index is 1110. The fourth-order valence-corrected chi connectivity index (χ4v) is 3.78. The number of fused-ring (bicyclic) bond motifs is 1. The van der Waals surface area contributed by atoms with Crippen LogP contribution in [0.2, 0.25) is 0 Å². The molecule has 168 valence electrons. The number of nitrogens with one attached hydrogen (secondary N) is 2. The van der Waals surface area contributed by atoms with Gasteiger partial charge >= 0.3 is 0 Å². The lowest BCUT2D eigenvalue weighted by molar-refractivity contribution is 0.170. The molecule has 0 saturated carbocycles. The predicted octanol–water partition coefficient (Wildman–Crippen LogP) is 3.75. The molecule has 1 unspecified atom stereocenters. The summed E-state index contributed by atoms with van der Waals surface area (Å²) in [5, 5.41) is 3.62. The third kappa shape index (κ3) is 5.11. The van der Waals surface area contributed by atoms with Gasteiger partial charge in [-0.3, -0.25) is 4.79 Å². The smallest absolute Gasteiger partial charge is 0.251 e. The molecular weight excluding hydrogens is 406 g/mol. The minimum atomic E-state index is -0.126. The average Bonchev–Trinajstić information content (AvgIpc) is 2.81. The van der Waals surface area contributed by atoms with E-state index in [4.69, 9.17) is 14.2 Å². The second-order valence-electron chi connectivity index (χ2n) is 8.13. The van der Waals surface area contributed by atoms with Crippen LogP contribution in [-0.2, 0) is 13.0 Å². The summed E-state index contributed by atoms with van der Waals surface area (Å²) in [6, 6.07) is 15.6. The summed E-state index contributed by atoms with van der Waals surface area (Å²) in [5.41, 5.74) is 2.73. The quantitative estimate of drug-likeness (QED) is 0.561. The fraction of sp³-hybridized carbons (Fsp3) is 0.360. The van der Waals surface area contributed by atoms with E-state index in [9.17, 15) is 4.79 Å². The van der Waals surface area contributed by atoms with E-state index in [1.807, 2.05) is 44.2 Å². The third-order valence-electron chi connectivity index (χ3n) is 5.46. The van der Waals surface area contributed by atoms with E-state index in [1.165, 1.54) is 0 Å². The molecule has 2 aromatic carbocycles. The van der Waals surface area contributed by atoms with Gasteiger partial charge in [-0.1, -0.05) is 44.2 Å². The topological polar surface area (TPSA) is 85.5 Å². The van der Waals surface area contributed by atoms with Gasteiger partial charge in [0.1, 0.15) is 24.8 Å². The van der Waals surface area contributed by atoms with Crippen molar-refractivity contribution >= 4 is 0 Å². The van der Waals surface area contributed by atoms with Crippen LogP contribution < -0.4 is 25.1 Å². The lowest BCUT2D eigenvalue weighted by Gasteiger charge is -2.23. The standard InChI is InChI=1S/C25H29N3O4/c1-16(2)25-27-19(13-24(29)28-25)12-20(17-7-5-4-6-8-17)26-15-18-11-22-23(14-21(18)30-3)32-10-9-31-22/h4-8,11,13-14,16,20,26H,9-10,12,15H2,1-3H3,(H,27,28,29). The first-order valence-electron chi connectivity index (χ1n) is 10.9. The SMILES string of the molecule is COc1cc2c(cc1CNC(Cc1cc(=O)[nH]c(C(C)C)n1)c1ccccc1)OCCO2. The van der Waals surface area contributed by atoms with Crippen molar-refractivity contribution in [3.63, 3.8) is 0 Å². The number of aromatic amines is 1. The summed E-state index contributed by atoms with van der Waals surface area (Å²) < 4.78 is 17.0. The first-order valence-corrected chi connectivity index (χ1v) is 10.9. The van der Waals surface area contributed by atoms with E-state index in [1.54, 1.807) is 13.2 Å². The highest BCUT2D eigenvalue weighted by Gasteiger charge is 2.19. The van der Waals surface area contributed by atoms with Gasteiger partial charge in [0.2, 0.25) is 0 Å². The Kier molecular flexibility index (Phi) is 6.75. The number of ether oxygens (including phenoxy) is 3. The molecule has 0 spiro atoms. The van der Waals surface area contributed by atoms with Gasteiger partial charge in [0, 0.05) is 48.3 Å². The first kappa shape index (κ1) is 21.9. The Balaban J connectivity index is 1.60. The molecule has 2 heterocycles. The lowest BCUT2D eigenvalue weighted by Crippen LogP contribution is -2.25. The van der Waals surface area contributed by atoms with Crippen molar-refractivity contribution in [2.45, 2.75) is 38.8 Å². The summed E-state index contributed by atoms with van der Waals surface area (Å²) in [7, 11) is 1.65. The van der Waals surface area contributed by atoms with Crippen molar-refractivity contribution in [1.29, 1.82) is 0 Å². The van der Waals surface area contributed by atoms with Crippen LogP contribution in [0.15, 0.2) is 53.3 Å². The molecule has 0 saturated heterocycles.